The van der Waals surface area contributed by atoms with E-state index in [1.807, 2.05) is 0 Å². The van der Waals surface area contributed by atoms with Gasteiger partial charge in [0, 0.05) is 24.8 Å². The van der Waals surface area contributed by atoms with Crippen molar-refractivity contribution in [1.82, 2.24) is 0 Å². The van der Waals surface area contributed by atoms with Crippen molar-refractivity contribution in [3.63, 3.8) is 0 Å². The van der Waals surface area contributed by atoms with Crippen LogP contribution in [-0.4, -0.2) is 43.6 Å². The van der Waals surface area contributed by atoms with Gasteiger partial charge in [-0.2, -0.15) is 0 Å². The lowest BCUT2D eigenvalue weighted by Gasteiger charge is -2.38. The Kier molecular flexibility index (Phi) is 8.80. The van der Waals surface area contributed by atoms with Crippen LogP contribution < -0.4 is 0 Å². The first-order valence-corrected chi connectivity index (χ1v) is 8.51. The van der Waals surface area contributed by atoms with Crippen molar-refractivity contribution in [3.05, 3.63) is 0 Å². The molecule has 0 aromatic carbocycles. The first kappa shape index (κ1) is 16.7. The minimum Gasteiger partial charge on any atom is -0.382 e. The third kappa shape index (κ3) is 6.17. The Hall–Kier alpha value is 0.610. The van der Waals surface area contributed by atoms with E-state index in [9.17, 15) is 0 Å². The summed E-state index contributed by atoms with van der Waals surface area (Å²) in [5.41, 5.74) is 0.152. The van der Waals surface area contributed by atoms with Crippen molar-refractivity contribution in [1.29, 1.82) is 0 Å². The largest absolute Gasteiger partial charge is 0.382 e. The quantitative estimate of drug-likeness (QED) is 0.354. The SMILES string of the molecule is COCCOCCCOC1(CI)CCC(C)CC1. The summed E-state index contributed by atoms with van der Waals surface area (Å²) in [6.45, 7) is 5.31. The minimum absolute atomic E-state index is 0.152. The average molecular weight is 370 g/mol. The molecule has 0 bridgehead atoms. The third-order valence-electron chi connectivity index (χ3n) is 3.70. The zero-order valence-electron chi connectivity index (χ0n) is 11.8. The summed E-state index contributed by atoms with van der Waals surface area (Å²) in [4.78, 5) is 0. The van der Waals surface area contributed by atoms with Crippen LogP contribution in [0.3, 0.4) is 0 Å². The molecule has 1 fully saturated rings. The van der Waals surface area contributed by atoms with Crippen LogP contribution in [0.2, 0.25) is 0 Å². The lowest BCUT2D eigenvalue weighted by Crippen LogP contribution is -2.39. The topological polar surface area (TPSA) is 27.7 Å². The molecule has 0 amide bonds. The minimum atomic E-state index is 0.152. The van der Waals surface area contributed by atoms with Crippen molar-refractivity contribution in [3.8, 4) is 0 Å². The average Bonchev–Trinajstić information content (AvgIpc) is 2.40. The maximum Gasteiger partial charge on any atom is 0.0771 e. The first-order valence-electron chi connectivity index (χ1n) is 6.99. The predicted octanol–water partition coefficient (Wildman–Crippen LogP) is 3.44. The number of ether oxygens (including phenoxy) is 3. The Bertz CT molecular complexity index is 203. The van der Waals surface area contributed by atoms with E-state index in [4.69, 9.17) is 14.2 Å². The molecular formula is C14H27IO3. The number of hydrogen-bond acceptors (Lipinski definition) is 3. The van der Waals surface area contributed by atoms with Gasteiger partial charge in [0.1, 0.15) is 0 Å². The van der Waals surface area contributed by atoms with Crippen LogP contribution in [0.1, 0.15) is 39.0 Å². The van der Waals surface area contributed by atoms with E-state index in [-0.39, 0.29) is 5.60 Å². The lowest BCUT2D eigenvalue weighted by molar-refractivity contribution is -0.0641. The molecule has 0 aromatic rings. The standard InChI is InChI=1S/C14H27IO3/c1-13-4-6-14(12-15,7-5-13)18-9-3-8-17-11-10-16-2/h13H,3-12H2,1-2H3. The molecule has 1 aliphatic carbocycles. The van der Waals surface area contributed by atoms with Crippen LogP contribution in [-0.2, 0) is 14.2 Å². The fraction of sp³-hybridized carbons (Fsp3) is 1.00. The molecule has 0 N–H and O–H groups in total. The second-order valence-electron chi connectivity index (χ2n) is 5.31. The maximum absolute atomic E-state index is 6.16. The fourth-order valence-corrected chi connectivity index (χ4v) is 3.28. The molecule has 0 radical (unpaired) electrons. The van der Waals surface area contributed by atoms with E-state index in [1.165, 1.54) is 25.7 Å². The van der Waals surface area contributed by atoms with Gasteiger partial charge in [-0.25, -0.2) is 0 Å². The van der Waals surface area contributed by atoms with Crippen molar-refractivity contribution in [2.24, 2.45) is 5.92 Å². The summed E-state index contributed by atoms with van der Waals surface area (Å²) >= 11 is 2.47. The Morgan fingerprint density at radius 3 is 2.44 bits per heavy atom. The van der Waals surface area contributed by atoms with Gasteiger partial charge in [-0.1, -0.05) is 29.5 Å². The molecule has 0 unspecified atom stereocenters. The first-order chi connectivity index (χ1) is 8.72. The Morgan fingerprint density at radius 2 is 1.83 bits per heavy atom. The smallest absolute Gasteiger partial charge is 0.0771 e. The Morgan fingerprint density at radius 1 is 1.11 bits per heavy atom. The van der Waals surface area contributed by atoms with Crippen LogP contribution in [0.25, 0.3) is 0 Å². The number of methoxy groups -OCH3 is 1. The number of rotatable bonds is 9. The molecule has 4 heteroatoms. The monoisotopic (exact) mass is 370 g/mol. The molecule has 1 saturated carbocycles. The van der Waals surface area contributed by atoms with Gasteiger partial charge in [-0.05, 0) is 38.0 Å². The van der Waals surface area contributed by atoms with Crippen LogP contribution in [0, 0.1) is 5.92 Å². The molecule has 3 nitrogen and oxygen atoms in total. The molecule has 108 valence electrons. The zero-order valence-corrected chi connectivity index (χ0v) is 13.9. The van der Waals surface area contributed by atoms with Crippen LogP contribution in [0.4, 0.5) is 0 Å². The van der Waals surface area contributed by atoms with Crippen LogP contribution >= 0.6 is 22.6 Å². The summed E-state index contributed by atoms with van der Waals surface area (Å²) in [6, 6.07) is 0. The van der Waals surface area contributed by atoms with Gasteiger partial charge in [0.2, 0.25) is 0 Å². The van der Waals surface area contributed by atoms with Gasteiger partial charge in [0.25, 0.3) is 0 Å². The van der Waals surface area contributed by atoms with Gasteiger partial charge >= 0.3 is 0 Å². The van der Waals surface area contributed by atoms with Crippen LogP contribution in [0.15, 0.2) is 0 Å². The molecule has 0 aliphatic heterocycles. The van der Waals surface area contributed by atoms with Crippen molar-refractivity contribution < 1.29 is 14.2 Å². The molecule has 0 spiro atoms. The molecule has 1 aliphatic rings. The van der Waals surface area contributed by atoms with Gasteiger partial charge in [0.05, 0.1) is 18.8 Å². The van der Waals surface area contributed by atoms with Crippen LogP contribution in [0.5, 0.6) is 0 Å². The van der Waals surface area contributed by atoms with Gasteiger partial charge in [0.15, 0.2) is 0 Å². The normalized spacial score (nSPS) is 28.5. The van der Waals surface area contributed by atoms with Gasteiger partial charge < -0.3 is 14.2 Å². The summed E-state index contributed by atoms with van der Waals surface area (Å²) in [5, 5.41) is 0. The summed E-state index contributed by atoms with van der Waals surface area (Å²) in [6.07, 6.45) is 6.06. The molecule has 18 heavy (non-hydrogen) atoms. The van der Waals surface area contributed by atoms with Gasteiger partial charge in [-0.3, -0.25) is 0 Å². The number of alkyl halides is 1. The molecule has 0 saturated heterocycles. The molecule has 0 heterocycles. The molecule has 0 aromatic heterocycles. The molecule has 0 atom stereocenters. The number of halogens is 1. The molecular weight excluding hydrogens is 343 g/mol. The van der Waals surface area contributed by atoms with E-state index >= 15 is 0 Å². The van der Waals surface area contributed by atoms with Gasteiger partial charge in [-0.15, -0.1) is 0 Å². The zero-order chi connectivity index (χ0) is 13.3. The second-order valence-corrected chi connectivity index (χ2v) is 6.07. The highest BCUT2D eigenvalue weighted by atomic mass is 127. The van der Waals surface area contributed by atoms with Crippen molar-refractivity contribution in [2.45, 2.75) is 44.6 Å². The van der Waals surface area contributed by atoms with Crippen molar-refractivity contribution in [2.75, 3.05) is 38.0 Å². The summed E-state index contributed by atoms with van der Waals surface area (Å²) in [5.74, 6) is 0.877. The second kappa shape index (κ2) is 9.50. The van der Waals surface area contributed by atoms with Crippen molar-refractivity contribution >= 4 is 22.6 Å². The number of hydrogen-bond donors (Lipinski definition) is 0. The lowest BCUT2D eigenvalue weighted by atomic mass is 9.80. The van der Waals surface area contributed by atoms with E-state index in [0.29, 0.717) is 13.2 Å². The van der Waals surface area contributed by atoms with E-state index in [2.05, 4.69) is 29.5 Å². The Balaban J connectivity index is 2.08. The highest BCUT2D eigenvalue weighted by Crippen LogP contribution is 2.36. The molecule has 1 rings (SSSR count). The third-order valence-corrected chi connectivity index (χ3v) is 5.09. The fourth-order valence-electron chi connectivity index (χ4n) is 2.30. The Labute approximate surface area is 125 Å². The summed E-state index contributed by atoms with van der Waals surface area (Å²) < 4.78 is 17.6. The predicted molar refractivity (Wildman–Crippen MR) is 82.5 cm³/mol. The highest BCUT2D eigenvalue weighted by Gasteiger charge is 2.33. The summed E-state index contributed by atoms with van der Waals surface area (Å²) in [7, 11) is 1.70. The van der Waals surface area contributed by atoms with E-state index in [0.717, 1.165) is 30.0 Å². The van der Waals surface area contributed by atoms with E-state index < -0.39 is 0 Å². The van der Waals surface area contributed by atoms with E-state index in [1.54, 1.807) is 7.11 Å². The highest BCUT2D eigenvalue weighted by molar-refractivity contribution is 14.1. The maximum atomic E-state index is 6.16.